The quantitative estimate of drug-likeness (QED) is 0.566. The van der Waals surface area contributed by atoms with Crippen molar-refractivity contribution in [1.29, 1.82) is 0 Å². The Morgan fingerprint density at radius 2 is 1.85 bits per heavy atom. The first kappa shape index (κ1) is 18.6. The van der Waals surface area contributed by atoms with Crippen molar-refractivity contribution in [1.82, 2.24) is 0 Å². The van der Waals surface area contributed by atoms with Crippen LogP contribution in [-0.4, -0.2) is 31.9 Å². The van der Waals surface area contributed by atoms with Gasteiger partial charge in [0.25, 0.3) is 5.91 Å². The number of nitrogens with one attached hydrogen (secondary N) is 1. The summed E-state index contributed by atoms with van der Waals surface area (Å²) in [6, 6.07) is 11.6. The normalized spacial score (nSPS) is 11.7. The molecule has 0 spiro atoms. The van der Waals surface area contributed by atoms with E-state index < -0.39 is 0 Å². The van der Waals surface area contributed by atoms with Crippen molar-refractivity contribution >= 4 is 17.6 Å². The van der Waals surface area contributed by atoms with Gasteiger partial charge in [-0.2, -0.15) is 0 Å². The standard InChI is InChI=1S/C20H21NO6/c1-2-3-10-24-20(23)14-4-6-15(7-5-14)21-19(22)12-25-16-8-9-17-18(11-16)27-13-26-17/h4-9,11H,2-3,10,12-13H2,1H3,(H,21,22). The summed E-state index contributed by atoms with van der Waals surface area (Å²) in [4.78, 5) is 23.9. The fourth-order valence-corrected chi connectivity index (χ4v) is 2.39. The Balaban J connectivity index is 1.47. The summed E-state index contributed by atoms with van der Waals surface area (Å²) in [6.45, 7) is 2.47. The lowest BCUT2D eigenvalue weighted by Crippen LogP contribution is -2.20. The first-order valence-electron chi connectivity index (χ1n) is 8.75. The predicted octanol–water partition coefficient (Wildman–Crippen LogP) is 3.39. The van der Waals surface area contributed by atoms with Crippen LogP contribution in [0.1, 0.15) is 30.1 Å². The van der Waals surface area contributed by atoms with E-state index in [0.29, 0.717) is 35.1 Å². The van der Waals surface area contributed by atoms with E-state index in [9.17, 15) is 9.59 Å². The van der Waals surface area contributed by atoms with E-state index in [2.05, 4.69) is 5.32 Å². The molecule has 2 aromatic rings. The van der Waals surface area contributed by atoms with Gasteiger partial charge in [0.2, 0.25) is 6.79 Å². The van der Waals surface area contributed by atoms with Crippen LogP contribution in [0.3, 0.4) is 0 Å². The summed E-state index contributed by atoms with van der Waals surface area (Å²) in [6.07, 6.45) is 1.80. The molecule has 1 amide bonds. The van der Waals surface area contributed by atoms with Gasteiger partial charge in [-0.25, -0.2) is 4.79 Å². The summed E-state index contributed by atoms with van der Waals surface area (Å²) in [7, 11) is 0. The van der Waals surface area contributed by atoms with Crippen LogP contribution in [-0.2, 0) is 9.53 Å². The Hall–Kier alpha value is -3.22. The van der Waals surface area contributed by atoms with Gasteiger partial charge in [-0.15, -0.1) is 0 Å². The average molecular weight is 371 g/mol. The van der Waals surface area contributed by atoms with Crippen LogP contribution in [0.2, 0.25) is 0 Å². The third-order valence-electron chi connectivity index (χ3n) is 3.85. The zero-order valence-corrected chi connectivity index (χ0v) is 15.0. The molecule has 1 aliphatic heterocycles. The third kappa shape index (κ3) is 5.13. The van der Waals surface area contributed by atoms with Crippen molar-refractivity contribution in [2.75, 3.05) is 25.3 Å². The molecule has 0 aliphatic carbocycles. The van der Waals surface area contributed by atoms with Crippen molar-refractivity contribution in [2.24, 2.45) is 0 Å². The number of rotatable bonds is 8. The van der Waals surface area contributed by atoms with Crippen LogP contribution in [0.4, 0.5) is 5.69 Å². The van der Waals surface area contributed by atoms with Crippen LogP contribution >= 0.6 is 0 Å². The van der Waals surface area contributed by atoms with Gasteiger partial charge in [0, 0.05) is 11.8 Å². The molecular formula is C20H21NO6. The maximum atomic E-state index is 12.0. The second-order valence-electron chi connectivity index (χ2n) is 5.92. The monoisotopic (exact) mass is 371 g/mol. The number of hydrogen-bond donors (Lipinski definition) is 1. The molecule has 1 N–H and O–H groups in total. The summed E-state index contributed by atoms with van der Waals surface area (Å²) >= 11 is 0. The Morgan fingerprint density at radius 3 is 2.63 bits per heavy atom. The second kappa shape index (κ2) is 8.93. The highest BCUT2D eigenvalue weighted by Crippen LogP contribution is 2.35. The molecule has 7 nitrogen and oxygen atoms in total. The molecule has 0 bridgehead atoms. The molecule has 0 fully saturated rings. The van der Waals surface area contributed by atoms with Crippen LogP contribution in [0, 0.1) is 0 Å². The van der Waals surface area contributed by atoms with Crippen molar-refractivity contribution in [3.63, 3.8) is 0 Å². The van der Waals surface area contributed by atoms with E-state index in [1.54, 1.807) is 42.5 Å². The first-order valence-corrected chi connectivity index (χ1v) is 8.75. The highest BCUT2D eigenvalue weighted by atomic mass is 16.7. The van der Waals surface area contributed by atoms with Gasteiger partial charge in [0.15, 0.2) is 18.1 Å². The number of benzene rings is 2. The van der Waals surface area contributed by atoms with Gasteiger partial charge < -0.3 is 24.3 Å². The van der Waals surface area contributed by atoms with Crippen molar-refractivity contribution in [3.8, 4) is 17.2 Å². The summed E-state index contributed by atoms with van der Waals surface area (Å²) in [5, 5.41) is 2.71. The minimum Gasteiger partial charge on any atom is -0.484 e. The number of carbonyl (C=O) groups is 2. The molecular weight excluding hydrogens is 350 g/mol. The SMILES string of the molecule is CCCCOC(=O)c1ccc(NC(=O)COc2ccc3c(c2)OCO3)cc1. The Bertz CT molecular complexity index is 803. The molecule has 0 unspecified atom stereocenters. The average Bonchev–Trinajstić information content (AvgIpc) is 3.15. The van der Waals surface area contributed by atoms with Gasteiger partial charge in [-0.05, 0) is 42.8 Å². The largest absolute Gasteiger partial charge is 0.484 e. The maximum Gasteiger partial charge on any atom is 0.338 e. The number of carbonyl (C=O) groups excluding carboxylic acids is 2. The predicted molar refractivity (Wildman–Crippen MR) is 98.3 cm³/mol. The number of fused-ring (bicyclic) bond motifs is 1. The first-order chi connectivity index (χ1) is 13.2. The number of esters is 1. The summed E-state index contributed by atoms with van der Waals surface area (Å²) in [5.41, 5.74) is 1.01. The molecule has 1 aliphatic rings. The molecule has 0 saturated heterocycles. The van der Waals surface area contributed by atoms with Gasteiger partial charge in [-0.1, -0.05) is 13.3 Å². The molecule has 3 rings (SSSR count). The van der Waals surface area contributed by atoms with E-state index in [1.165, 1.54) is 0 Å². The number of anilines is 1. The molecule has 0 aromatic heterocycles. The molecule has 0 atom stereocenters. The Morgan fingerprint density at radius 1 is 1.07 bits per heavy atom. The van der Waals surface area contributed by atoms with E-state index in [0.717, 1.165) is 12.8 Å². The van der Waals surface area contributed by atoms with Gasteiger partial charge in [-0.3, -0.25) is 4.79 Å². The number of amides is 1. The third-order valence-corrected chi connectivity index (χ3v) is 3.85. The minimum absolute atomic E-state index is 0.152. The van der Waals surface area contributed by atoms with E-state index >= 15 is 0 Å². The molecule has 0 radical (unpaired) electrons. The van der Waals surface area contributed by atoms with Crippen molar-refractivity contribution in [3.05, 3.63) is 48.0 Å². The Labute approximate surface area is 157 Å². The highest BCUT2D eigenvalue weighted by Gasteiger charge is 2.14. The fourth-order valence-electron chi connectivity index (χ4n) is 2.39. The lowest BCUT2D eigenvalue weighted by Gasteiger charge is -2.09. The lowest BCUT2D eigenvalue weighted by molar-refractivity contribution is -0.118. The van der Waals surface area contributed by atoms with Crippen LogP contribution in [0.5, 0.6) is 17.2 Å². The lowest BCUT2D eigenvalue weighted by atomic mass is 10.2. The zero-order chi connectivity index (χ0) is 19.1. The van der Waals surface area contributed by atoms with Crippen LogP contribution in [0.15, 0.2) is 42.5 Å². The molecule has 142 valence electrons. The number of unbranched alkanes of at least 4 members (excludes halogenated alkanes) is 1. The van der Waals surface area contributed by atoms with Crippen molar-refractivity contribution in [2.45, 2.75) is 19.8 Å². The second-order valence-corrected chi connectivity index (χ2v) is 5.92. The smallest absolute Gasteiger partial charge is 0.338 e. The number of hydrogen-bond acceptors (Lipinski definition) is 6. The summed E-state index contributed by atoms with van der Waals surface area (Å²) < 4.78 is 21.1. The zero-order valence-electron chi connectivity index (χ0n) is 15.0. The minimum atomic E-state index is -0.368. The maximum absolute atomic E-state index is 12.0. The Kier molecular flexibility index (Phi) is 6.14. The summed E-state index contributed by atoms with van der Waals surface area (Å²) in [5.74, 6) is 1.08. The van der Waals surface area contributed by atoms with E-state index in [1.807, 2.05) is 6.92 Å². The van der Waals surface area contributed by atoms with Gasteiger partial charge in [0.1, 0.15) is 5.75 Å². The molecule has 7 heteroatoms. The molecule has 27 heavy (non-hydrogen) atoms. The van der Waals surface area contributed by atoms with Crippen LogP contribution < -0.4 is 19.5 Å². The van der Waals surface area contributed by atoms with Gasteiger partial charge >= 0.3 is 5.97 Å². The molecule has 0 saturated carbocycles. The number of ether oxygens (including phenoxy) is 4. The van der Waals surface area contributed by atoms with E-state index in [4.69, 9.17) is 18.9 Å². The molecule has 2 aromatic carbocycles. The highest BCUT2D eigenvalue weighted by molar-refractivity contribution is 5.93. The molecule has 1 heterocycles. The van der Waals surface area contributed by atoms with Gasteiger partial charge in [0.05, 0.1) is 12.2 Å². The van der Waals surface area contributed by atoms with Crippen molar-refractivity contribution < 1.29 is 28.5 Å². The van der Waals surface area contributed by atoms with Crippen LogP contribution in [0.25, 0.3) is 0 Å². The van der Waals surface area contributed by atoms with E-state index in [-0.39, 0.29) is 25.3 Å². The topological polar surface area (TPSA) is 83.1 Å². The fraction of sp³-hybridized carbons (Fsp3) is 0.300.